The normalized spacial score (nSPS) is 12.7. The van der Waals surface area contributed by atoms with Crippen LogP contribution in [0.5, 0.6) is 0 Å². The van der Waals surface area contributed by atoms with Crippen LogP contribution in [0.3, 0.4) is 0 Å². The SMILES string of the molecule is CCn1ncc(Cl)c1C(NN)c1ccc(C)cc1F. The van der Waals surface area contributed by atoms with Gasteiger partial charge in [0.05, 0.1) is 23.0 Å². The van der Waals surface area contributed by atoms with Crippen molar-refractivity contribution in [2.24, 2.45) is 5.84 Å². The van der Waals surface area contributed by atoms with Crippen molar-refractivity contribution < 1.29 is 4.39 Å². The molecule has 0 aliphatic carbocycles. The lowest BCUT2D eigenvalue weighted by Gasteiger charge is -2.19. The number of hydrogen-bond donors (Lipinski definition) is 2. The summed E-state index contributed by atoms with van der Waals surface area (Å²) in [5.41, 5.74) is 4.58. The zero-order chi connectivity index (χ0) is 14.0. The maximum absolute atomic E-state index is 14.1. The van der Waals surface area contributed by atoms with Crippen molar-refractivity contribution in [3.05, 3.63) is 52.1 Å². The first-order valence-electron chi connectivity index (χ1n) is 6.01. The molecule has 102 valence electrons. The molecule has 3 N–H and O–H groups in total. The molecule has 0 spiro atoms. The van der Waals surface area contributed by atoms with Gasteiger partial charge in [-0.1, -0.05) is 23.7 Å². The van der Waals surface area contributed by atoms with Gasteiger partial charge in [0.1, 0.15) is 5.82 Å². The maximum Gasteiger partial charge on any atom is 0.128 e. The molecule has 0 aliphatic rings. The molecule has 2 aromatic rings. The van der Waals surface area contributed by atoms with E-state index in [1.807, 2.05) is 19.9 Å². The summed E-state index contributed by atoms with van der Waals surface area (Å²) < 4.78 is 15.8. The van der Waals surface area contributed by atoms with Gasteiger partial charge in [0.2, 0.25) is 0 Å². The minimum absolute atomic E-state index is 0.317. The number of nitrogens with two attached hydrogens (primary N) is 1. The van der Waals surface area contributed by atoms with Crippen LogP contribution < -0.4 is 11.3 Å². The monoisotopic (exact) mass is 282 g/mol. The van der Waals surface area contributed by atoms with Crippen molar-refractivity contribution in [2.45, 2.75) is 26.4 Å². The third-order valence-corrected chi connectivity index (χ3v) is 3.33. The molecule has 0 aliphatic heterocycles. The van der Waals surface area contributed by atoms with E-state index in [9.17, 15) is 4.39 Å². The first kappa shape index (κ1) is 14.0. The smallest absolute Gasteiger partial charge is 0.128 e. The van der Waals surface area contributed by atoms with E-state index in [-0.39, 0.29) is 5.82 Å². The molecule has 1 aromatic heterocycles. The summed E-state index contributed by atoms with van der Waals surface area (Å²) in [4.78, 5) is 0. The highest BCUT2D eigenvalue weighted by molar-refractivity contribution is 6.31. The molecule has 6 heteroatoms. The van der Waals surface area contributed by atoms with Crippen molar-refractivity contribution >= 4 is 11.6 Å². The molecule has 0 fully saturated rings. The minimum atomic E-state index is -0.532. The number of aromatic nitrogens is 2. The topological polar surface area (TPSA) is 55.9 Å². The predicted molar refractivity (Wildman–Crippen MR) is 73.2 cm³/mol. The third-order valence-electron chi connectivity index (χ3n) is 3.04. The molecule has 19 heavy (non-hydrogen) atoms. The Morgan fingerprint density at radius 1 is 1.53 bits per heavy atom. The molecule has 0 bridgehead atoms. The molecule has 1 heterocycles. The highest BCUT2D eigenvalue weighted by Gasteiger charge is 2.23. The van der Waals surface area contributed by atoms with Crippen molar-refractivity contribution in [1.82, 2.24) is 15.2 Å². The van der Waals surface area contributed by atoms with Gasteiger partial charge in [-0.05, 0) is 25.5 Å². The lowest BCUT2D eigenvalue weighted by atomic mass is 10.0. The molecule has 1 atom stereocenters. The second-order valence-corrected chi connectivity index (χ2v) is 4.73. The van der Waals surface area contributed by atoms with E-state index in [4.69, 9.17) is 17.4 Å². The van der Waals surface area contributed by atoms with E-state index in [2.05, 4.69) is 10.5 Å². The fourth-order valence-corrected chi connectivity index (χ4v) is 2.34. The molecule has 0 radical (unpaired) electrons. The quantitative estimate of drug-likeness (QED) is 0.669. The van der Waals surface area contributed by atoms with Gasteiger partial charge in [-0.15, -0.1) is 0 Å². The lowest BCUT2D eigenvalue weighted by molar-refractivity contribution is 0.516. The van der Waals surface area contributed by atoms with Crippen molar-refractivity contribution in [3.8, 4) is 0 Å². The summed E-state index contributed by atoms with van der Waals surface area (Å²) in [6.07, 6.45) is 1.54. The van der Waals surface area contributed by atoms with Crippen LogP contribution in [-0.2, 0) is 6.54 Å². The Morgan fingerprint density at radius 3 is 2.84 bits per heavy atom. The largest absolute Gasteiger partial charge is 0.271 e. The summed E-state index contributed by atoms with van der Waals surface area (Å²) in [6.45, 7) is 4.40. The standard InChI is InChI=1S/C13H16ClFN4/c1-3-19-13(10(14)7-17-19)12(18-16)9-5-4-8(2)6-11(9)15/h4-7,12,18H,3,16H2,1-2H3. The number of nitrogens with zero attached hydrogens (tertiary/aromatic N) is 2. The van der Waals surface area contributed by atoms with Gasteiger partial charge in [-0.3, -0.25) is 10.5 Å². The van der Waals surface area contributed by atoms with Crippen molar-refractivity contribution in [1.29, 1.82) is 0 Å². The third kappa shape index (κ3) is 2.63. The van der Waals surface area contributed by atoms with Crippen LogP contribution in [-0.4, -0.2) is 9.78 Å². The molecule has 1 unspecified atom stereocenters. The van der Waals surface area contributed by atoms with Crippen LogP contribution in [0, 0.1) is 12.7 Å². The van der Waals surface area contributed by atoms with Gasteiger partial charge in [-0.2, -0.15) is 5.10 Å². The van der Waals surface area contributed by atoms with Crippen LogP contribution in [0.25, 0.3) is 0 Å². The van der Waals surface area contributed by atoms with Gasteiger partial charge in [0.25, 0.3) is 0 Å². The Kier molecular flexibility index (Phi) is 4.19. The van der Waals surface area contributed by atoms with Gasteiger partial charge < -0.3 is 0 Å². The molecule has 1 aromatic carbocycles. The maximum atomic E-state index is 14.1. The average Bonchev–Trinajstić information content (AvgIpc) is 2.74. The van der Waals surface area contributed by atoms with E-state index >= 15 is 0 Å². The predicted octanol–water partition coefficient (Wildman–Crippen LogP) is 2.56. The number of hydrazine groups is 1. The molecule has 0 saturated carbocycles. The van der Waals surface area contributed by atoms with Gasteiger partial charge in [-0.25, -0.2) is 9.82 Å². The van der Waals surface area contributed by atoms with Gasteiger partial charge >= 0.3 is 0 Å². The van der Waals surface area contributed by atoms with Crippen LogP contribution in [0.1, 0.15) is 29.8 Å². The number of rotatable bonds is 4. The molecule has 0 saturated heterocycles. The molecular formula is C13H16ClFN4. The van der Waals surface area contributed by atoms with Crippen LogP contribution in [0.4, 0.5) is 4.39 Å². The zero-order valence-electron chi connectivity index (χ0n) is 10.8. The summed E-state index contributed by atoms with van der Waals surface area (Å²) >= 11 is 6.13. The fourth-order valence-electron chi connectivity index (χ4n) is 2.09. The van der Waals surface area contributed by atoms with Crippen molar-refractivity contribution in [2.75, 3.05) is 0 Å². The Morgan fingerprint density at radius 2 is 2.26 bits per heavy atom. The Labute approximate surface area is 116 Å². The van der Waals surface area contributed by atoms with Crippen LogP contribution >= 0.6 is 11.6 Å². The molecule has 4 nitrogen and oxygen atoms in total. The van der Waals surface area contributed by atoms with E-state index in [1.54, 1.807) is 10.7 Å². The Bertz CT molecular complexity index is 582. The summed E-state index contributed by atoms with van der Waals surface area (Å²) in [5.74, 6) is 5.26. The summed E-state index contributed by atoms with van der Waals surface area (Å²) in [5, 5.41) is 4.61. The average molecular weight is 283 g/mol. The number of benzene rings is 1. The lowest BCUT2D eigenvalue weighted by Crippen LogP contribution is -2.31. The fraction of sp³-hybridized carbons (Fsp3) is 0.308. The summed E-state index contributed by atoms with van der Waals surface area (Å²) in [7, 11) is 0. The zero-order valence-corrected chi connectivity index (χ0v) is 11.6. The van der Waals surface area contributed by atoms with Crippen LogP contribution in [0.2, 0.25) is 5.02 Å². The van der Waals surface area contributed by atoms with E-state index in [0.29, 0.717) is 22.8 Å². The molecule has 2 rings (SSSR count). The number of hydrogen-bond acceptors (Lipinski definition) is 3. The Hall–Kier alpha value is -1.43. The Balaban J connectivity index is 2.52. The molecule has 0 amide bonds. The first-order chi connectivity index (χ1) is 9.08. The van der Waals surface area contributed by atoms with E-state index in [0.717, 1.165) is 5.56 Å². The van der Waals surface area contributed by atoms with Crippen LogP contribution in [0.15, 0.2) is 24.4 Å². The minimum Gasteiger partial charge on any atom is -0.271 e. The second kappa shape index (κ2) is 5.69. The number of halogens is 2. The first-order valence-corrected chi connectivity index (χ1v) is 6.39. The summed E-state index contributed by atoms with van der Waals surface area (Å²) in [6, 6.07) is 4.48. The van der Waals surface area contributed by atoms with Gasteiger partial charge in [0, 0.05) is 12.1 Å². The molecular weight excluding hydrogens is 267 g/mol. The number of nitrogens with one attached hydrogen (secondary N) is 1. The highest BCUT2D eigenvalue weighted by Crippen LogP contribution is 2.29. The van der Waals surface area contributed by atoms with Gasteiger partial charge in [0.15, 0.2) is 0 Å². The van der Waals surface area contributed by atoms with E-state index in [1.165, 1.54) is 12.3 Å². The van der Waals surface area contributed by atoms with Crippen molar-refractivity contribution in [3.63, 3.8) is 0 Å². The number of aryl methyl sites for hydroxylation is 2. The van der Waals surface area contributed by atoms with E-state index < -0.39 is 6.04 Å². The second-order valence-electron chi connectivity index (χ2n) is 4.32. The highest BCUT2D eigenvalue weighted by atomic mass is 35.5.